The summed E-state index contributed by atoms with van der Waals surface area (Å²) >= 11 is 1.51. The second-order valence-electron chi connectivity index (χ2n) is 6.82. The molecule has 1 unspecified atom stereocenters. The summed E-state index contributed by atoms with van der Waals surface area (Å²) in [4.78, 5) is 15.4. The smallest absolute Gasteiger partial charge is 0.290 e. The molecule has 0 bridgehead atoms. The Morgan fingerprint density at radius 2 is 1.82 bits per heavy atom. The summed E-state index contributed by atoms with van der Waals surface area (Å²) in [5, 5.41) is 2.78. The molecular weight excluding hydrogens is 385 g/mol. The number of likely N-dealkylation sites (tertiary alicyclic amines) is 1. The van der Waals surface area contributed by atoms with E-state index in [1.54, 1.807) is 30.6 Å². The molecule has 3 aromatic rings. The van der Waals surface area contributed by atoms with Gasteiger partial charge in [-0.3, -0.25) is 4.90 Å². The van der Waals surface area contributed by atoms with E-state index in [-0.39, 0.29) is 6.04 Å². The van der Waals surface area contributed by atoms with E-state index in [1.165, 1.54) is 23.5 Å². The van der Waals surface area contributed by atoms with Gasteiger partial charge in [-0.05, 0) is 43.1 Å². The van der Waals surface area contributed by atoms with Crippen molar-refractivity contribution in [3.63, 3.8) is 0 Å². The first-order valence-corrected chi connectivity index (χ1v) is 10.0. The monoisotopic (exact) mass is 404 g/mol. The molecule has 3 heterocycles. The Bertz CT molecular complexity index is 909. The third-order valence-electron chi connectivity index (χ3n) is 4.91. The van der Waals surface area contributed by atoms with Crippen molar-refractivity contribution in [3.8, 4) is 10.8 Å². The van der Waals surface area contributed by atoms with Crippen LogP contribution in [-0.2, 0) is 12.7 Å². The Morgan fingerprint density at radius 3 is 2.54 bits per heavy atom. The van der Waals surface area contributed by atoms with Crippen LogP contribution in [0.3, 0.4) is 0 Å². The van der Waals surface area contributed by atoms with Crippen LogP contribution in [0, 0.1) is 0 Å². The van der Waals surface area contributed by atoms with Gasteiger partial charge in [0.25, 0.3) is 0 Å². The molecule has 8 heteroatoms. The number of thiazole rings is 1. The molecular formula is C20H19F3N4S. The normalized spacial score (nSPS) is 18.3. The first-order valence-electron chi connectivity index (χ1n) is 9.14. The second kappa shape index (κ2) is 7.97. The molecule has 0 aliphatic carbocycles. The van der Waals surface area contributed by atoms with Crippen molar-refractivity contribution < 1.29 is 13.2 Å². The minimum atomic E-state index is -4.30. The van der Waals surface area contributed by atoms with Gasteiger partial charge in [-0.2, -0.15) is 13.2 Å². The summed E-state index contributed by atoms with van der Waals surface area (Å²) in [6.45, 7) is 1.56. The molecule has 0 N–H and O–H groups in total. The highest BCUT2D eigenvalue weighted by Crippen LogP contribution is 2.35. The van der Waals surface area contributed by atoms with Gasteiger partial charge in [0.2, 0.25) is 0 Å². The van der Waals surface area contributed by atoms with Crippen molar-refractivity contribution in [3.05, 3.63) is 64.9 Å². The predicted molar refractivity (Wildman–Crippen MR) is 102 cm³/mol. The maximum atomic E-state index is 12.8. The number of aromatic nitrogens is 3. The van der Waals surface area contributed by atoms with Gasteiger partial charge in [-0.15, -0.1) is 11.3 Å². The molecule has 1 aliphatic heterocycles. The van der Waals surface area contributed by atoms with Gasteiger partial charge in [0.05, 0.1) is 11.3 Å². The van der Waals surface area contributed by atoms with E-state index in [0.29, 0.717) is 12.4 Å². The zero-order chi connectivity index (χ0) is 19.6. The topological polar surface area (TPSA) is 41.9 Å². The molecule has 1 atom stereocenters. The van der Waals surface area contributed by atoms with Crippen LogP contribution in [0.25, 0.3) is 10.8 Å². The molecule has 28 heavy (non-hydrogen) atoms. The number of rotatable bonds is 4. The van der Waals surface area contributed by atoms with Gasteiger partial charge in [0.15, 0.2) is 10.8 Å². The van der Waals surface area contributed by atoms with Gasteiger partial charge in [0.1, 0.15) is 0 Å². The predicted octanol–water partition coefficient (Wildman–Crippen LogP) is 5.35. The van der Waals surface area contributed by atoms with Gasteiger partial charge < -0.3 is 0 Å². The quantitative estimate of drug-likeness (QED) is 0.588. The highest BCUT2D eigenvalue weighted by Gasteiger charge is 2.31. The SMILES string of the molecule is FC(F)(F)c1ccc(C2CCCCN2Cc2csc(-c3ncccn3)n2)cc1. The molecule has 1 aliphatic rings. The standard InChI is InChI=1S/C20H19F3N4S/c21-20(22,23)15-7-5-14(6-8-15)17-4-1-2-11-27(17)12-16-13-28-19(26-16)18-24-9-3-10-25-18/h3,5-10,13,17H,1-2,4,11-12H2. The third kappa shape index (κ3) is 4.23. The molecule has 2 aromatic heterocycles. The first kappa shape index (κ1) is 19.0. The van der Waals surface area contributed by atoms with E-state index >= 15 is 0 Å². The largest absolute Gasteiger partial charge is 0.416 e. The molecule has 0 radical (unpaired) electrons. The minimum absolute atomic E-state index is 0.106. The van der Waals surface area contributed by atoms with Crippen LogP contribution in [0.15, 0.2) is 48.1 Å². The lowest BCUT2D eigenvalue weighted by molar-refractivity contribution is -0.137. The second-order valence-corrected chi connectivity index (χ2v) is 7.68. The molecule has 0 spiro atoms. The van der Waals surface area contributed by atoms with E-state index in [4.69, 9.17) is 0 Å². The van der Waals surface area contributed by atoms with E-state index < -0.39 is 11.7 Å². The minimum Gasteiger partial charge on any atom is -0.290 e. The molecule has 0 amide bonds. The van der Waals surface area contributed by atoms with Crippen molar-refractivity contribution >= 4 is 11.3 Å². The fourth-order valence-electron chi connectivity index (χ4n) is 3.55. The Labute approximate surface area is 165 Å². The number of hydrogen-bond donors (Lipinski definition) is 0. The van der Waals surface area contributed by atoms with Crippen molar-refractivity contribution in [2.75, 3.05) is 6.54 Å². The average Bonchev–Trinajstić information content (AvgIpc) is 3.17. The van der Waals surface area contributed by atoms with Crippen LogP contribution in [0.4, 0.5) is 13.2 Å². The molecule has 1 saturated heterocycles. The van der Waals surface area contributed by atoms with E-state index in [1.807, 2.05) is 5.38 Å². The van der Waals surface area contributed by atoms with Crippen LogP contribution in [-0.4, -0.2) is 26.4 Å². The van der Waals surface area contributed by atoms with Crippen LogP contribution >= 0.6 is 11.3 Å². The van der Waals surface area contributed by atoms with E-state index in [0.717, 1.165) is 42.1 Å². The summed E-state index contributed by atoms with van der Waals surface area (Å²) < 4.78 is 38.5. The molecule has 4 nitrogen and oxygen atoms in total. The Hall–Kier alpha value is -2.32. The average molecular weight is 404 g/mol. The third-order valence-corrected chi connectivity index (χ3v) is 5.80. The highest BCUT2D eigenvalue weighted by atomic mass is 32.1. The lowest BCUT2D eigenvalue weighted by Crippen LogP contribution is -2.33. The summed E-state index contributed by atoms with van der Waals surface area (Å²) in [5.41, 5.74) is 1.26. The highest BCUT2D eigenvalue weighted by molar-refractivity contribution is 7.13. The maximum Gasteiger partial charge on any atom is 0.416 e. The van der Waals surface area contributed by atoms with Gasteiger partial charge >= 0.3 is 6.18 Å². The van der Waals surface area contributed by atoms with Crippen molar-refractivity contribution in [1.82, 2.24) is 19.9 Å². The number of alkyl halides is 3. The van der Waals surface area contributed by atoms with Crippen molar-refractivity contribution in [1.29, 1.82) is 0 Å². The summed E-state index contributed by atoms with van der Waals surface area (Å²) in [5.74, 6) is 0.608. The number of piperidine rings is 1. The summed E-state index contributed by atoms with van der Waals surface area (Å²) in [6.07, 6.45) is 2.16. The van der Waals surface area contributed by atoms with E-state index in [2.05, 4.69) is 19.9 Å². The van der Waals surface area contributed by atoms with Crippen molar-refractivity contribution in [2.24, 2.45) is 0 Å². The van der Waals surface area contributed by atoms with Gasteiger partial charge in [-0.25, -0.2) is 15.0 Å². The lowest BCUT2D eigenvalue weighted by Gasteiger charge is -2.35. The van der Waals surface area contributed by atoms with Crippen LogP contribution in [0.1, 0.15) is 42.1 Å². The zero-order valence-corrected chi connectivity index (χ0v) is 15.9. The fraction of sp³-hybridized carbons (Fsp3) is 0.350. The summed E-state index contributed by atoms with van der Waals surface area (Å²) in [6, 6.07) is 7.44. The number of benzene rings is 1. The Balaban J connectivity index is 1.51. The summed E-state index contributed by atoms with van der Waals surface area (Å²) in [7, 11) is 0. The zero-order valence-electron chi connectivity index (χ0n) is 15.1. The van der Waals surface area contributed by atoms with Crippen LogP contribution in [0.5, 0.6) is 0 Å². The number of halogens is 3. The molecule has 4 rings (SSSR count). The van der Waals surface area contributed by atoms with Gasteiger partial charge in [-0.1, -0.05) is 18.6 Å². The fourth-order valence-corrected chi connectivity index (χ4v) is 4.31. The molecule has 1 fully saturated rings. The Kier molecular flexibility index (Phi) is 5.41. The van der Waals surface area contributed by atoms with Gasteiger partial charge in [0, 0.05) is 30.4 Å². The van der Waals surface area contributed by atoms with Crippen LogP contribution in [0.2, 0.25) is 0 Å². The van der Waals surface area contributed by atoms with Crippen LogP contribution < -0.4 is 0 Å². The Morgan fingerprint density at radius 1 is 1.07 bits per heavy atom. The maximum absolute atomic E-state index is 12.8. The molecule has 0 saturated carbocycles. The molecule has 146 valence electrons. The van der Waals surface area contributed by atoms with E-state index in [9.17, 15) is 13.2 Å². The number of nitrogens with zero attached hydrogens (tertiary/aromatic N) is 4. The number of hydrogen-bond acceptors (Lipinski definition) is 5. The first-order chi connectivity index (χ1) is 13.5. The molecule has 1 aromatic carbocycles. The van der Waals surface area contributed by atoms with Crippen molar-refractivity contribution in [2.45, 2.75) is 38.0 Å². The lowest BCUT2D eigenvalue weighted by atomic mass is 9.94.